The molecule has 3 heterocycles. The summed E-state index contributed by atoms with van der Waals surface area (Å²) in [5.74, 6) is -0.345. The van der Waals surface area contributed by atoms with Gasteiger partial charge in [-0.25, -0.2) is 14.4 Å². The lowest BCUT2D eigenvalue weighted by atomic mass is 10.0. The van der Waals surface area contributed by atoms with Gasteiger partial charge in [-0.05, 0) is 6.07 Å². The van der Waals surface area contributed by atoms with Crippen molar-refractivity contribution >= 4 is 40.8 Å². The lowest BCUT2D eigenvalue weighted by Crippen LogP contribution is -2.12. The van der Waals surface area contributed by atoms with Crippen molar-refractivity contribution in [2.75, 3.05) is 5.75 Å². The molecule has 21 heavy (non-hydrogen) atoms. The Morgan fingerprint density at radius 1 is 1.52 bits per heavy atom. The van der Waals surface area contributed by atoms with Crippen LogP contribution in [0, 0.1) is 11.7 Å². The maximum Gasteiger partial charge on any atom is 0.195 e. The van der Waals surface area contributed by atoms with Gasteiger partial charge >= 0.3 is 0 Å². The molecule has 3 rings (SSSR count). The van der Waals surface area contributed by atoms with E-state index in [2.05, 4.69) is 22.6 Å². The molecule has 0 aromatic carbocycles. The zero-order valence-electron chi connectivity index (χ0n) is 11.2. The minimum atomic E-state index is -0.466. The molecular weight excluding hydrogens is 309 g/mol. The third-order valence-electron chi connectivity index (χ3n) is 3.22. The van der Waals surface area contributed by atoms with Crippen LogP contribution in [0.2, 0.25) is 0 Å². The first-order valence-electron chi connectivity index (χ1n) is 6.33. The largest absolute Gasteiger partial charge is 0.294 e. The van der Waals surface area contributed by atoms with Gasteiger partial charge in [0.25, 0.3) is 0 Å². The highest BCUT2D eigenvalue weighted by Crippen LogP contribution is 2.27. The summed E-state index contributed by atoms with van der Waals surface area (Å²) in [5.41, 5.74) is 0.981. The van der Waals surface area contributed by atoms with Crippen LogP contribution in [0.3, 0.4) is 0 Å². The number of hydrogen-bond donors (Lipinski definition) is 1. The Hall–Kier alpha value is -1.73. The molecule has 3 aromatic heterocycles. The van der Waals surface area contributed by atoms with E-state index in [1.807, 2.05) is 5.38 Å². The number of aromatic nitrogens is 3. The van der Waals surface area contributed by atoms with E-state index in [0.29, 0.717) is 27.5 Å². The Morgan fingerprint density at radius 3 is 3.00 bits per heavy atom. The Labute approximate surface area is 130 Å². The van der Waals surface area contributed by atoms with E-state index in [9.17, 15) is 9.18 Å². The van der Waals surface area contributed by atoms with Gasteiger partial charge in [-0.1, -0.05) is 6.92 Å². The highest BCUT2D eigenvalue weighted by atomic mass is 32.1. The number of ketones is 1. The van der Waals surface area contributed by atoms with Gasteiger partial charge in [0, 0.05) is 40.4 Å². The maximum absolute atomic E-state index is 13.5. The Balaban J connectivity index is 2.25. The first-order chi connectivity index (χ1) is 10.1. The van der Waals surface area contributed by atoms with Crippen molar-refractivity contribution < 1.29 is 9.18 Å². The number of fused-ring (bicyclic) bond motifs is 1. The van der Waals surface area contributed by atoms with Gasteiger partial charge in [-0.3, -0.25) is 9.36 Å². The van der Waals surface area contributed by atoms with Crippen molar-refractivity contribution in [1.29, 1.82) is 0 Å². The van der Waals surface area contributed by atoms with Crippen LogP contribution in [0.25, 0.3) is 16.2 Å². The van der Waals surface area contributed by atoms with Crippen LogP contribution >= 0.6 is 24.0 Å². The molecule has 0 spiro atoms. The van der Waals surface area contributed by atoms with Crippen molar-refractivity contribution in [1.82, 2.24) is 14.5 Å². The zero-order chi connectivity index (χ0) is 15.0. The molecule has 0 radical (unpaired) electrons. The first-order valence-corrected chi connectivity index (χ1v) is 7.84. The van der Waals surface area contributed by atoms with Gasteiger partial charge in [0.2, 0.25) is 0 Å². The average molecular weight is 321 g/mol. The zero-order valence-corrected chi connectivity index (χ0v) is 12.9. The van der Waals surface area contributed by atoms with Gasteiger partial charge in [0.1, 0.15) is 11.5 Å². The summed E-state index contributed by atoms with van der Waals surface area (Å²) in [6.07, 6.45) is 4.49. The molecule has 0 aliphatic heterocycles. The highest BCUT2D eigenvalue weighted by molar-refractivity contribution is 7.80. The van der Waals surface area contributed by atoms with Gasteiger partial charge in [0.05, 0.1) is 6.20 Å². The van der Waals surface area contributed by atoms with E-state index in [0.717, 1.165) is 6.20 Å². The summed E-state index contributed by atoms with van der Waals surface area (Å²) in [4.78, 5) is 20.8. The van der Waals surface area contributed by atoms with Crippen molar-refractivity contribution in [3.63, 3.8) is 0 Å². The quantitative estimate of drug-likeness (QED) is 0.592. The lowest BCUT2D eigenvalue weighted by Gasteiger charge is -2.05. The topological polar surface area (TPSA) is 47.8 Å². The van der Waals surface area contributed by atoms with Gasteiger partial charge in [0.15, 0.2) is 10.9 Å². The molecule has 0 saturated heterocycles. The van der Waals surface area contributed by atoms with E-state index in [1.165, 1.54) is 17.4 Å². The van der Waals surface area contributed by atoms with Crippen LogP contribution in [-0.4, -0.2) is 26.1 Å². The predicted octanol–water partition coefficient (Wildman–Crippen LogP) is 3.37. The average Bonchev–Trinajstić information content (AvgIpc) is 3.12. The van der Waals surface area contributed by atoms with E-state index in [1.54, 1.807) is 23.9 Å². The molecule has 0 bridgehead atoms. The number of pyridine rings is 1. The van der Waals surface area contributed by atoms with Crippen molar-refractivity contribution in [2.45, 2.75) is 6.92 Å². The fourth-order valence-corrected chi connectivity index (χ4v) is 2.89. The fraction of sp³-hybridized carbons (Fsp3) is 0.214. The Morgan fingerprint density at radius 2 is 2.33 bits per heavy atom. The second kappa shape index (κ2) is 5.57. The molecular formula is C14H12FN3OS2. The number of carbonyl (C=O) groups is 1. The molecule has 4 nitrogen and oxygen atoms in total. The number of Topliss-reactive ketones (excluding diaryl/α,β-unsaturated/α-hetero) is 1. The molecule has 0 saturated carbocycles. The van der Waals surface area contributed by atoms with Crippen LogP contribution in [-0.2, 0) is 0 Å². The van der Waals surface area contributed by atoms with E-state index in [-0.39, 0.29) is 11.7 Å². The number of hydrogen-bond acceptors (Lipinski definition) is 5. The van der Waals surface area contributed by atoms with E-state index >= 15 is 0 Å². The first kappa shape index (κ1) is 14.2. The molecule has 0 N–H and O–H groups in total. The number of nitrogens with zero attached hydrogens (tertiary/aromatic N) is 3. The summed E-state index contributed by atoms with van der Waals surface area (Å²) in [6, 6.07) is 1.34. The summed E-state index contributed by atoms with van der Waals surface area (Å²) in [5, 5.41) is 3.03. The third kappa shape index (κ3) is 2.47. The van der Waals surface area contributed by atoms with Crippen LogP contribution < -0.4 is 0 Å². The highest BCUT2D eigenvalue weighted by Gasteiger charge is 2.21. The Bertz CT molecular complexity index is 798. The smallest absolute Gasteiger partial charge is 0.195 e. The number of rotatable bonds is 4. The molecule has 7 heteroatoms. The number of thiol groups is 1. The fourth-order valence-electron chi connectivity index (χ4n) is 2.11. The van der Waals surface area contributed by atoms with Crippen LogP contribution in [0.1, 0.15) is 17.3 Å². The summed E-state index contributed by atoms with van der Waals surface area (Å²) in [7, 11) is 0. The van der Waals surface area contributed by atoms with Crippen molar-refractivity contribution in [3.8, 4) is 5.13 Å². The molecule has 0 amide bonds. The van der Waals surface area contributed by atoms with Gasteiger partial charge < -0.3 is 0 Å². The number of carbonyl (C=O) groups excluding carboxylic acids is 1. The normalized spacial score (nSPS) is 12.7. The van der Waals surface area contributed by atoms with Crippen molar-refractivity contribution in [3.05, 3.63) is 41.4 Å². The van der Waals surface area contributed by atoms with E-state index < -0.39 is 5.82 Å². The molecule has 1 atom stereocenters. The molecule has 108 valence electrons. The molecule has 3 aromatic rings. The summed E-state index contributed by atoms with van der Waals surface area (Å²) >= 11 is 5.58. The standard InChI is InChI=1S/C14H12FN3OS2/c1-8(7-20)12(19)11-6-18(14-16-2-3-21-14)13-10(11)4-9(15)5-17-13/h2-6,8,20H,7H2,1H3. The molecule has 0 aliphatic carbocycles. The monoisotopic (exact) mass is 321 g/mol. The number of thiazole rings is 1. The van der Waals surface area contributed by atoms with E-state index in [4.69, 9.17) is 0 Å². The second-order valence-corrected chi connectivity index (χ2v) is 5.94. The SMILES string of the molecule is CC(CS)C(=O)c1cn(-c2nccs2)c2ncc(F)cc12. The third-order valence-corrected chi connectivity index (χ3v) is 4.54. The molecule has 0 fully saturated rings. The summed E-state index contributed by atoms with van der Waals surface area (Å²) in [6.45, 7) is 1.80. The van der Waals surface area contributed by atoms with Gasteiger partial charge in [-0.15, -0.1) is 11.3 Å². The Kier molecular flexibility index (Phi) is 3.77. The van der Waals surface area contributed by atoms with Crippen molar-refractivity contribution in [2.24, 2.45) is 5.92 Å². The summed E-state index contributed by atoms with van der Waals surface area (Å²) < 4.78 is 15.2. The van der Waals surface area contributed by atoms with Crippen LogP contribution in [0.5, 0.6) is 0 Å². The predicted molar refractivity (Wildman–Crippen MR) is 84.0 cm³/mol. The van der Waals surface area contributed by atoms with Crippen LogP contribution in [0.4, 0.5) is 4.39 Å². The minimum absolute atomic E-state index is 0.0716. The van der Waals surface area contributed by atoms with Gasteiger partial charge in [-0.2, -0.15) is 12.6 Å². The molecule has 0 aliphatic rings. The number of halogens is 1. The lowest BCUT2D eigenvalue weighted by molar-refractivity contribution is 0.0943. The molecule has 1 unspecified atom stereocenters. The maximum atomic E-state index is 13.5. The minimum Gasteiger partial charge on any atom is -0.294 e. The van der Waals surface area contributed by atoms with Crippen LogP contribution in [0.15, 0.2) is 30.0 Å². The second-order valence-electron chi connectivity index (χ2n) is 4.70.